The third-order valence-electron chi connectivity index (χ3n) is 3.07. The summed E-state index contributed by atoms with van der Waals surface area (Å²) in [6.45, 7) is 5.58. The summed E-state index contributed by atoms with van der Waals surface area (Å²) >= 11 is 7.28. The number of hydrogen-bond donors (Lipinski definition) is 0. The van der Waals surface area contributed by atoms with E-state index in [1.165, 1.54) is 11.3 Å². The van der Waals surface area contributed by atoms with E-state index in [1.807, 2.05) is 33.3 Å². The Labute approximate surface area is 131 Å². The van der Waals surface area contributed by atoms with Gasteiger partial charge in [0.2, 0.25) is 10.0 Å². The number of thiophene rings is 1. The molecule has 0 fully saturated rings. The van der Waals surface area contributed by atoms with Crippen molar-refractivity contribution in [3.63, 3.8) is 0 Å². The fourth-order valence-electron chi connectivity index (χ4n) is 2.07. The maximum absolute atomic E-state index is 12.8. The predicted octanol–water partition coefficient (Wildman–Crippen LogP) is 2.76. The molecule has 4 nitrogen and oxygen atoms in total. The van der Waals surface area contributed by atoms with E-state index >= 15 is 0 Å². The summed E-state index contributed by atoms with van der Waals surface area (Å²) in [6.07, 6.45) is 0.819. The lowest BCUT2D eigenvalue weighted by Crippen LogP contribution is -2.33. The SMILES string of the molecule is CCN(CCCN(C)C)S(=O)(=O)c1c(C)csc1CCl. The van der Waals surface area contributed by atoms with Crippen LogP contribution in [0, 0.1) is 6.92 Å². The molecule has 0 unspecified atom stereocenters. The highest BCUT2D eigenvalue weighted by Crippen LogP contribution is 2.30. The molecule has 1 aromatic rings. The maximum atomic E-state index is 12.8. The van der Waals surface area contributed by atoms with E-state index in [4.69, 9.17) is 11.6 Å². The fraction of sp³-hybridized carbons (Fsp3) is 0.692. The third kappa shape index (κ3) is 4.18. The Balaban J connectivity index is 2.97. The monoisotopic (exact) mass is 338 g/mol. The van der Waals surface area contributed by atoms with Crippen molar-refractivity contribution in [1.29, 1.82) is 0 Å². The van der Waals surface area contributed by atoms with E-state index in [9.17, 15) is 8.42 Å². The molecule has 0 radical (unpaired) electrons. The zero-order valence-corrected chi connectivity index (χ0v) is 14.9. The lowest BCUT2D eigenvalue weighted by Gasteiger charge is -2.22. The highest BCUT2D eigenvalue weighted by atomic mass is 35.5. The first kappa shape index (κ1) is 17.9. The van der Waals surface area contributed by atoms with E-state index < -0.39 is 10.0 Å². The largest absolute Gasteiger partial charge is 0.309 e. The quantitative estimate of drug-likeness (QED) is 0.684. The van der Waals surface area contributed by atoms with Crippen LogP contribution in [0.3, 0.4) is 0 Å². The minimum Gasteiger partial charge on any atom is -0.309 e. The van der Waals surface area contributed by atoms with E-state index in [-0.39, 0.29) is 5.88 Å². The molecule has 20 heavy (non-hydrogen) atoms. The Kier molecular flexibility index (Phi) is 6.94. The number of sulfonamides is 1. The molecule has 1 rings (SSSR count). The van der Waals surface area contributed by atoms with Gasteiger partial charge >= 0.3 is 0 Å². The lowest BCUT2D eigenvalue weighted by atomic mass is 10.3. The first-order chi connectivity index (χ1) is 9.34. The van der Waals surface area contributed by atoms with Crippen molar-refractivity contribution in [2.75, 3.05) is 33.7 Å². The van der Waals surface area contributed by atoms with Crippen molar-refractivity contribution >= 4 is 33.0 Å². The van der Waals surface area contributed by atoms with Gasteiger partial charge in [0.05, 0.1) is 5.88 Å². The highest BCUT2D eigenvalue weighted by Gasteiger charge is 2.28. The topological polar surface area (TPSA) is 40.6 Å². The van der Waals surface area contributed by atoms with Crippen LogP contribution in [0.1, 0.15) is 23.8 Å². The first-order valence-electron chi connectivity index (χ1n) is 6.62. The van der Waals surface area contributed by atoms with Gasteiger partial charge in [0, 0.05) is 18.0 Å². The molecule has 0 saturated carbocycles. The molecule has 116 valence electrons. The number of nitrogens with zero attached hydrogens (tertiary/aromatic N) is 2. The zero-order valence-electron chi connectivity index (χ0n) is 12.5. The van der Waals surface area contributed by atoms with E-state index in [0.717, 1.165) is 23.4 Å². The second-order valence-corrected chi connectivity index (χ2v) is 8.06. The molecule has 0 atom stereocenters. The molecular weight excluding hydrogens is 316 g/mol. The maximum Gasteiger partial charge on any atom is 0.244 e. The highest BCUT2D eigenvalue weighted by molar-refractivity contribution is 7.89. The van der Waals surface area contributed by atoms with Crippen molar-refractivity contribution in [2.45, 2.75) is 31.0 Å². The van der Waals surface area contributed by atoms with Crippen molar-refractivity contribution in [3.05, 3.63) is 15.8 Å². The predicted molar refractivity (Wildman–Crippen MR) is 86.2 cm³/mol. The molecule has 0 amide bonds. The molecule has 0 N–H and O–H groups in total. The Bertz CT molecular complexity index is 526. The number of rotatable bonds is 8. The summed E-state index contributed by atoms with van der Waals surface area (Å²) < 4.78 is 27.1. The van der Waals surface area contributed by atoms with Gasteiger partial charge in [0.25, 0.3) is 0 Å². The summed E-state index contributed by atoms with van der Waals surface area (Å²) in [5.41, 5.74) is 0.789. The Hall–Kier alpha value is -0.140. The van der Waals surface area contributed by atoms with Crippen LogP contribution in [-0.2, 0) is 15.9 Å². The van der Waals surface area contributed by atoms with Gasteiger partial charge in [0.15, 0.2) is 0 Å². The van der Waals surface area contributed by atoms with Crippen LogP contribution in [0.4, 0.5) is 0 Å². The fourth-order valence-corrected chi connectivity index (χ4v) is 5.56. The van der Waals surface area contributed by atoms with Crippen LogP contribution < -0.4 is 0 Å². The summed E-state index contributed by atoms with van der Waals surface area (Å²) in [7, 11) is 0.533. The van der Waals surface area contributed by atoms with Crippen molar-refractivity contribution < 1.29 is 8.42 Å². The van der Waals surface area contributed by atoms with Crippen LogP contribution >= 0.6 is 22.9 Å². The standard InChI is InChI=1S/C13H23ClN2O2S2/c1-5-16(8-6-7-15(3)4)20(17,18)13-11(2)10-19-12(13)9-14/h10H,5-9H2,1-4H3. The molecule has 0 aliphatic heterocycles. The first-order valence-corrected chi connectivity index (χ1v) is 9.47. The second-order valence-electron chi connectivity index (χ2n) is 4.96. The molecule has 0 spiro atoms. The van der Waals surface area contributed by atoms with Gasteiger partial charge in [-0.05, 0) is 44.9 Å². The summed E-state index contributed by atoms with van der Waals surface area (Å²) in [5.74, 6) is 0.238. The van der Waals surface area contributed by atoms with Crippen LogP contribution in [0.15, 0.2) is 10.3 Å². The average molecular weight is 339 g/mol. The molecule has 0 aliphatic rings. The van der Waals surface area contributed by atoms with E-state index in [1.54, 1.807) is 4.31 Å². The summed E-state index contributed by atoms with van der Waals surface area (Å²) in [5, 5.41) is 1.86. The summed E-state index contributed by atoms with van der Waals surface area (Å²) in [6, 6.07) is 0. The minimum atomic E-state index is -3.44. The Morgan fingerprint density at radius 3 is 2.45 bits per heavy atom. The molecular formula is C13H23ClN2O2S2. The molecule has 1 aromatic heterocycles. The molecule has 0 aliphatic carbocycles. The van der Waals surface area contributed by atoms with Gasteiger partial charge in [-0.2, -0.15) is 4.31 Å². The number of alkyl halides is 1. The van der Waals surface area contributed by atoms with Gasteiger partial charge in [-0.1, -0.05) is 6.92 Å². The molecule has 7 heteroatoms. The number of aryl methyl sites for hydroxylation is 1. The van der Waals surface area contributed by atoms with Crippen LogP contribution in [0.2, 0.25) is 0 Å². The van der Waals surface area contributed by atoms with Gasteiger partial charge < -0.3 is 4.90 Å². The van der Waals surface area contributed by atoms with Gasteiger partial charge in [-0.25, -0.2) is 8.42 Å². The molecule has 0 saturated heterocycles. The molecule has 0 aromatic carbocycles. The normalized spacial score (nSPS) is 12.6. The van der Waals surface area contributed by atoms with Crippen molar-refractivity contribution in [1.82, 2.24) is 9.21 Å². The van der Waals surface area contributed by atoms with E-state index in [0.29, 0.717) is 18.0 Å². The number of halogens is 1. The lowest BCUT2D eigenvalue weighted by molar-refractivity contribution is 0.356. The van der Waals surface area contributed by atoms with Crippen molar-refractivity contribution in [2.24, 2.45) is 0 Å². The molecule has 1 heterocycles. The Morgan fingerprint density at radius 1 is 1.30 bits per heavy atom. The molecule has 0 bridgehead atoms. The van der Waals surface area contributed by atoms with Crippen LogP contribution in [0.25, 0.3) is 0 Å². The zero-order chi connectivity index (χ0) is 15.3. The third-order valence-corrected chi connectivity index (χ3v) is 6.94. The van der Waals surface area contributed by atoms with Crippen LogP contribution in [-0.4, -0.2) is 51.4 Å². The van der Waals surface area contributed by atoms with Gasteiger partial charge in [-0.15, -0.1) is 22.9 Å². The van der Waals surface area contributed by atoms with Crippen LogP contribution in [0.5, 0.6) is 0 Å². The average Bonchev–Trinajstić information content (AvgIpc) is 2.75. The van der Waals surface area contributed by atoms with Crippen molar-refractivity contribution in [3.8, 4) is 0 Å². The van der Waals surface area contributed by atoms with Gasteiger partial charge in [-0.3, -0.25) is 0 Å². The Morgan fingerprint density at radius 2 is 1.95 bits per heavy atom. The summed E-state index contributed by atoms with van der Waals surface area (Å²) in [4.78, 5) is 3.19. The van der Waals surface area contributed by atoms with E-state index in [2.05, 4.69) is 4.90 Å². The van der Waals surface area contributed by atoms with Gasteiger partial charge in [0.1, 0.15) is 4.90 Å². The minimum absolute atomic E-state index is 0.238. The second kappa shape index (κ2) is 7.75. The number of hydrogen-bond acceptors (Lipinski definition) is 4. The smallest absolute Gasteiger partial charge is 0.244 e.